The lowest BCUT2D eigenvalue weighted by molar-refractivity contribution is -0.126. The highest BCUT2D eigenvalue weighted by atomic mass is 79.9. The van der Waals surface area contributed by atoms with E-state index < -0.39 is 6.10 Å². The smallest absolute Gasteiger partial charge is 0.218 e. The molecular weight excluding hydrogens is 330 g/mol. The summed E-state index contributed by atoms with van der Waals surface area (Å²) in [6, 6.07) is 9.95. The number of fused-ring (bicyclic) bond motifs is 1. The molecular formula is C17H16BrNO2. The molecule has 2 aromatic rings. The number of carbonyl (C=O) groups excluding carboxylic acids is 1. The van der Waals surface area contributed by atoms with Gasteiger partial charge in [-0.25, -0.2) is 4.98 Å². The maximum Gasteiger partial charge on any atom is 0.218 e. The predicted molar refractivity (Wildman–Crippen MR) is 84.5 cm³/mol. The molecule has 108 valence electrons. The molecule has 1 unspecified atom stereocenters. The monoisotopic (exact) mass is 345 g/mol. The Hall–Kier alpha value is -1.68. The predicted octanol–water partition coefficient (Wildman–Crippen LogP) is 4.21. The van der Waals surface area contributed by atoms with Crippen LogP contribution in [0.4, 0.5) is 0 Å². The zero-order chi connectivity index (χ0) is 15.0. The Labute approximate surface area is 132 Å². The zero-order valence-electron chi connectivity index (χ0n) is 12.0. The first-order chi connectivity index (χ1) is 10.0. The molecule has 3 rings (SSSR count). The Morgan fingerprint density at radius 3 is 2.67 bits per heavy atom. The molecule has 1 aromatic carbocycles. The van der Waals surface area contributed by atoms with Crippen LogP contribution in [0.2, 0.25) is 0 Å². The Balaban J connectivity index is 1.89. The fourth-order valence-electron chi connectivity index (χ4n) is 2.47. The van der Waals surface area contributed by atoms with Crippen LogP contribution >= 0.6 is 15.9 Å². The van der Waals surface area contributed by atoms with E-state index >= 15 is 0 Å². The number of rotatable bonds is 2. The molecule has 0 saturated heterocycles. The van der Waals surface area contributed by atoms with Gasteiger partial charge < -0.3 is 4.74 Å². The summed E-state index contributed by atoms with van der Waals surface area (Å²) in [4.78, 5) is 16.6. The number of halogens is 1. The molecule has 0 fully saturated rings. The summed E-state index contributed by atoms with van der Waals surface area (Å²) in [5.41, 5.74) is 2.98. The largest absolute Gasteiger partial charge is 0.461 e. The van der Waals surface area contributed by atoms with E-state index in [1.54, 1.807) is 6.20 Å². The van der Waals surface area contributed by atoms with Gasteiger partial charge in [0.25, 0.3) is 0 Å². The highest BCUT2D eigenvalue weighted by Gasteiger charge is 2.30. The lowest BCUT2D eigenvalue weighted by Gasteiger charge is -2.24. The van der Waals surface area contributed by atoms with E-state index in [-0.39, 0.29) is 5.78 Å². The van der Waals surface area contributed by atoms with Gasteiger partial charge in [-0.2, -0.15) is 0 Å². The third-order valence-corrected chi connectivity index (χ3v) is 4.12. The van der Waals surface area contributed by atoms with Crippen molar-refractivity contribution in [3.05, 3.63) is 57.7 Å². The Bertz CT molecular complexity index is 680. The molecule has 1 atom stereocenters. The second kappa shape index (κ2) is 5.60. The number of ketones is 1. The summed E-state index contributed by atoms with van der Waals surface area (Å²) >= 11 is 3.36. The molecule has 2 heterocycles. The van der Waals surface area contributed by atoms with Crippen molar-refractivity contribution >= 4 is 21.7 Å². The molecule has 3 nitrogen and oxygen atoms in total. The molecule has 0 bridgehead atoms. The van der Waals surface area contributed by atoms with E-state index in [1.807, 2.05) is 18.2 Å². The van der Waals surface area contributed by atoms with E-state index in [0.717, 1.165) is 15.6 Å². The van der Waals surface area contributed by atoms with Crippen molar-refractivity contribution in [2.45, 2.75) is 32.3 Å². The van der Waals surface area contributed by atoms with Crippen LogP contribution in [-0.2, 0) is 11.2 Å². The second-order valence-electron chi connectivity index (χ2n) is 5.58. The highest BCUT2D eigenvalue weighted by molar-refractivity contribution is 9.10. The summed E-state index contributed by atoms with van der Waals surface area (Å²) < 4.78 is 6.66. The number of nitrogens with zero attached hydrogens (tertiary/aromatic N) is 1. The van der Waals surface area contributed by atoms with Gasteiger partial charge in [0.15, 0.2) is 11.9 Å². The van der Waals surface area contributed by atoms with E-state index in [9.17, 15) is 4.79 Å². The number of pyridine rings is 1. The van der Waals surface area contributed by atoms with E-state index in [0.29, 0.717) is 18.2 Å². The Kier molecular flexibility index (Phi) is 3.81. The minimum Gasteiger partial charge on any atom is -0.461 e. The van der Waals surface area contributed by atoms with Gasteiger partial charge in [0, 0.05) is 22.7 Å². The third kappa shape index (κ3) is 2.86. The van der Waals surface area contributed by atoms with Crippen LogP contribution in [0, 0.1) is 0 Å². The zero-order valence-corrected chi connectivity index (χ0v) is 13.6. The molecule has 0 amide bonds. The van der Waals surface area contributed by atoms with Crippen molar-refractivity contribution in [2.24, 2.45) is 0 Å². The van der Waals surface area contributed by atoms with Gasteiger partial charge in [-0.3, -0.25) is 4.79 Å². The maximum atomic E-state index is 12.3. The van der Waals surface area contributed by atoms with Crippen LogP contribution in [0.5, 0.6) is 5.88 Å². The van der Waals surface area contributed by atoms with Crippen molar-refractivity contribution in [1.29, 1.82) is 0 Å². The normalized spacial score (nSPS) is 17.5. The van der Waals surface area contributed by atoms with Gasteiger partial charge in [0.05, 0.1) is 0 Å². The number of ether oxygens (including phenoxy) is 1. The molecule has 1 aromatic heterocycles. The SMILES string of the molecule is CC(C)c1ccc(C2Oc3ncc(Br)cc3CC2=O)cc1. The van der Waals surface area contributed by atoms with Gasteiger partial charge in [0.1, 0.15) is 0 Å². The standard InChI is InChI=1S/C17H16BrNO2/c1-10(2)11-3-5-12(6-4-11)16-15(20)8-13-7-14(18)9-19-17(13)21-16/h3-7,9-10,16H,8H2,1-2H3. The quantitative estimate of drug-likeness (QED) is 0.818. The van der Waals surface area contributed by atoms with Crippen molar-refractivity contribution in [1.82, 2.24) is 4.98 Å². The van der Waals surface area contributed by atoms with Crippen LogP contribution in [0.3, 0.4) is 0 Å². The summed E-state index contributed by atoms with van der Waals surface area (Å²) in [5, 5.41) is 0. The molecule has 4 heteroatoms. The fraction of sp³-hybridized carbons (Fsp3) is 0.294. The van der Waals surface area contributed by atoms with Crippen LogP contribution in [-0.4, -0.2) is 10.8 Å². The fourth-order valence-corrected chi connectivity index (χ4v) is 2.85. The lowest BCUT2D eigenvalue weighted by atomic mass is 9.95. The van der Waals surface area contributed by atoms with Crippen LogP contribution in [0.15, 0.2) is 41.0 Å². The summed E-state index contributed by atoms with van der Waals surface area (Å²) in [7, 11) is 0. The minimum atomic E-state index is -0.549. The number of aromatic nitrogens is 1. The van der Waals surface area contributed by atoms with E-state index in [2.05, 4.69) is 46.9 Å². The first-order valence-electron chi connectivity index (χ1n) is 6.98. The van der Waals surface area contributed by atoms with Crippen molar-refractivity contribution < 1.29 is 9.53 Å². The van der Waals surface area contributed by atoms with Crippen LogP contribution in [0.25, 0.3) is 0 Å². The Morgan fingerprint density at radius 2 is 2.00 bits per heavy atom. The second-order valence-corrected chi connectivity index (χ2v) is 6.50. The number of hydrogen-bond acceptors (Lipinski definition) is 3. The summed E-state index contributed by atoms with van der Waals surface area (Å²) in [5.74, 6) is 1.09. The third-order valence-electron chi connectivity index (χ3n) is 3.68. The summed E-state index contributed by atoms with van der Waals surface area (Å²) in [6.07, 6.45) is 1.50. The number of carbonyl (C=O) groups is 1. The topological polar surface area (TPSA) is 39.2 Å². The van der Waals surface area contributed by atoms with Gasteiger partial charge in [-0.05, 0) is 39.0 Å². The van der Waals surface area contributed by atoms with Crippen molar-refractivity contribution in [3.63, 3.8) is 0 Å². The first-order valence-corrected chi connectivity index (χ1v) is 7.77. The number of Topliss-reactive ketones (excluding diaryl/α,β-unsaturated/α-hetero) is 1. The van der Waals surface area contributed by atoms with Gasteiger partial charge >= 0.3 is 0 Å². The van der Waals surface area contributed by atoms with Gasteiger partial charge in [0.2, 0.25) is 5.88 Å². The maximum absolute atomic E-state index is 12.3. The molecule has 21 heavy (non-hydrogen) atoms. The molecule has 0 radical (unpaired) electrons. The first kappa shape index (κ1) is 14.3. The molecule has 0 saturated carbocycles. The van der Waals surface area contributed by atoms with Crippen LogP contribution < -0.4 is 4.74 Å². The minimum absolute atomic E-state index is 0.0692. The summed E-state index contributed by atoms with van der Waals surface area (Å²) in [6.45, 7) is 4.30. The average Bonchev–Trinajstić information content (AvgIpc) is 2.46. The van der Waals surface area contributed by atoms with Gasteiger partial charge in [-0.15, -0.1) is 0 Å². The average molecular weight is 346 g/mol. The van der Waals surface area contributed by atoms with Gasteiger partial charge in [-0.1, -0.05) is 38.1 Å². The lowest BCUT2D eigenvalue weighted by Crippen LogP contribution is -2.26. The molecule has 1 aliphatic rings. The Morgan fingerprint density at radius 1 is 1.29 bits per heavy atom. The van der Waals surface area contributed by atoms with Crippen molar-refractivity contribution in [3.8, 4) is 5.88 Å². The molecule has 0 spiro atoms. The molecule has 0 aliphatic carbocycles. The highest BCUT2D eigenvalue weighted by Crippen LogP contribution is 2.33. The molecule has 0 N–H and O–H groups in total. The van der Waals surface area contributed by atoms with E-state index in [1.165, 1.54) is 5.56 Å². The number of benzene rings is 1. The van der Waals surface area contributed by atoms with E-state index in [4.69, 9.17) is 4.74 Å². The number of hydrogen-bond donors (Lipinski definition) is 0. The molecule has 1 aliphatic heterocycles. The van der Waals surface area contributed by atoms with Crippen molar-refractivity contribution in [2.75, 3.05) is 0 Å². The van der Waals surface area contributed by atoms with Crippen LogP contribution in [0.1, 0.15) is 42.6 Å².